The van der Waals surface area contributed by atoms with Gasteiger partial charge in [0, 0.05) is 5.56 Å². The van der Waals surface area contributed by atoms with Crippen molar-refractivity contribution in [2.45, 2.75) is 32.4 Å². The highest BCUT2D eigenvalue weighted by Gasteiger charge is 2.30. The highest BCUT2D eigenvalue weighted by Crippen LogP contribution is 2.22. The van der Waals surface area contributed by atoms with Crippen LogP contribution < -0.4 is 5.32 Å². The molecule has 0 saturated heterocycles. The quantitative estimate of drug-likeness (QED) is 0.427. The largest absolute Gasteiger partial charge is 0.464 e. The Hall–Kier alpha value is -4.11. The number of hydrogen-bond acceptors (Lipinski definition) is 8. The van der Waals surface area contributed by atoms with E-state index in [0.717, 1.165) is 5.56 Å². The average Bonchev–Trinajstić information content (AvgIpc) is 2.89. The molecule has 0 aliphatic carbocycles. The smallest absolute Gasteiger partial charge is 0.338 e. The van der Waals surface area contributed by atoms with Gasteiger partial charge in [0.05, 0.1) is 30.5 Å². The Bertz CT molecular complexity index is 1150. The van der Waals surface area contributed by atoms with Gasteiger partial charge in [-0.1, -0.05) is 48.5 Å². The van der Waals surface area contributed by atoms with Crippen LogP contribution in [0, 0.1) is 0 Å². The normalized spacial score (nSPS) is 12.3. The third-order valence-corrected chi connectivity index (χ3v) is 5.12. The highest BCUT2D eigenvalue weighted by molar-refractivity contribution is 5.97. The number of amides is 1. The molecule has 2 N–H and O–H groups in total. The zero-order chi connectivity index (χ0) is 25.2. The van der Waals surface area contributed by atoms with Crippen molar-refractivity contribution in [1.29, 1.82) is 0 Å². The first-order valence-electron chi connectivity index (χ1n) is 11.2. The third-order valence-electron chi connectivity index (χ3n) is 5.12. The monoisotopic (exact) mass is 477 g/mol. The zero-order valence-corrected chi connectivity index (χ0v) is 19.5. The maximum atomic E-state index is 12.9. The summed E-state index contributed by atoms with van der Waals surface area (Å²) in [5, 5.41) is 21.3. The van der Waals surface area contributed by atoms with Gasteiger partial charge in [0.1, 0.15) is 0 Å². The first-order chi connectivity index (χ1) is 16.9. The van der Waals surface area contributed by atoms with Crippen LogP contribution in [0.1, 0.15) is 40.3 Å². The Morgan fingerprint density at radius 2 is 1.57 bits per heavy atom. The van der Waals surface area contributed by atoms with Gasteiger partial charge in [-0.15, -0.1) is 10.2 Å². The van der Waals surface area contributed by atoms with Crippen molar-refractivity contribution >= 4 is 17.8 Å². The van der Waals surface area contributed by atoms with Crippen LogP contribution in [0.2, 0.25) is 0 Å². The molecule has 3 rings (SSSR count). The van der Waals surface area contributed by atoms with Gasteiger partial charge in [-0.3, -0.25) is 4.79 Å². The van der Waals surface area contributed by atoms with E-state index in [4.69, 9.17) is 9.47 Å². The SMILES string of the molecule is CCOC(=O)c1ccccc1-c1ccc(C(=O)NC(Cc2ccccc2)C(O)C(=O)OCC)nn1. The second-order valence-electron chi connectivity index (χ2n) is 7.54. The van der Waals surface area contributed by atoms with Crippen LogP contribution in [0.5, 0.6) is 0 Å². The van der Waals surface area contributed by atoms with Gasteiger partial charge in [-0.2, -0.15) is 0 Å². The van der Waals surface area contributed by atoms with E-state index in [0.29, 0.717) is 16.8 Å². The maximum Gasteiger partial charge on any atom is 0.338 e. The minimum atomic E-state index is -1.57. The molecular weight excluding hydrogens is 450 g/mol. The van der Waals surface area contributed by atoms with Crippen molar-refractivity contribution in [3.8, 4) is 11.3 Å². The molecule has 0 radical (unpaired) electrons. The number of rotatable bonds is 10. The molecule has 1 amide bonds. The van der Waals surface area contributed by atoms with Crippen LogP contribution in [0.25, 0.3) is 11.3 Å². The Kier molecular flexibility index (Phi) is 9.02. The van der Waals surface area contributed by atoms with Gasteiger partial charge in [0.15, 0.2) is 11.8 Å². The van der Waals surface area contributed by atoms with Crippen molar-refractivity contribution in [3.63, 3.8) is 0 Å². The van der Waals surface area contributed by atoms with Crippen molar-refractivity contribution in [3.05, 3.63) is 83.6 Å². The van der Waals surface area contributed by atoms with Gasteiger partial charge in [-0.05, 0) is 44.0 Å². The zero-order valence-electron chi connectivity index (χ0n) is 19.5. The molecule has 1 heterocycles. The number of carbonyl (C=O) groups is 3. The minimum absolute atomic E-state index is 0.0171. The topological polar surface area (TPSA) is 128 Å². The fourth-order valence-corrected chi connectivity index (χ4v) is 3.43. The summed E-state index contributed by atoms with van der Waals surface area (Å²) in [5.41, 5.74) is 2.04. The molecule has 9 nitrogen and oxygen atoms in total. The summed E-state index contributed by atoms with van der Waals surface area (Å²) in [4.78, 5) is 37.3. The molecule has 182 valence electrons. The van der Waals surface area contributed by atoms with Crippen LogP contribution in [-0.2, 0) is 20.7 Å². The van der Waals surface area contributed by atoms with Gasteiger partial charge < -0.3 is 19.9 Å². The molecule has 0 spiro atoms. The van der Waals surface area contributed by atoms with E-state index in [9.17, 15) is 19.5 Å². The molecular formula is C26H27N3O6. The molecule has 0 saturated carbocycles. The minimum Gasteiger partial charge on any atom is -0.464 e. The highest BCUT2D eigenvalue weighted by atomic mass is 16.5. The Morgan fingerprint density at radius 1 is 0.886 bits per heavy atom. The number of aliphatic hydroxyl groups is 1. The Balaban J connectivity index is 1.80. The molecule has 0 aliphatic rings. The second kappa shape index (κ2) is 12.4. The lowest BCUT2D eigenvalue weighted by Crippen LogP contribution is -2.49. The Labute approximate surface area is 203 Å². The maximum absolute atomic E-state index is 12.9. The number of ether oxygens (including phenoxy) is 2. The summed E-state index contributed by atoms with van der Waals surface area (Å²) < 4.78 is 10.0. The predicted molar refractivity (Wildman–Crippen MR) is 127 cm³/mol. The molecule has 3 aromatic rings. The summed E-state index contributed by atoms with van der Waals surface area (Å²) in [6.45, 7) is 3.69. The summed E-state index contributed by atoms with van der Waals surface area (Å²) in [6, 6.07) is 18.0. The number of aliphatic hydroxyl groups excluding tert-OH is 1. The van der Waals surface area contributed by atoms with Crippen molar-refractivity contribution in [1.82, 2.24) is 15.5 Å². The average molecular weight is 478 g/mol. The number of carbonyl (C=O) groups excluding carboxylic acids is 3. The van der Waals surface area contributed by atoms with E-state index >= 15 is 0 Å². The van der Waals surface area contributed by atoms with Crippen LogP contribution >= 0.6 is 0 Å². The van der Waals surface area contributed by atoms with Crippen molar-refractivity contribution in [2.75, 3.05) is 13.2 Å². The van der Waals surface area contributed by atoms with Gasteiger partial charge >= 0.3 is 11.9 Å². The number of nitrogens with zero attached hydrogens (tertiary/aromatic N) is 2. The van der Waals surface area contributed by atoms with Crippen molar-refractivity contribution < 1.29 is 29.0 Å². The molecule has 0 fully saturated rings. The first-order valence-corrected chi connectivity index (χ1v) is 11.2. The van der Waals surface area contributed by atoms with E-state index in [2.05, 4.69) is 15.5 Å². The van der Waals surface area contributed by atoms with Gasteiger partial charge in [0.2, 0.25) is 0 Å². The van der Waals surface area contributed by atoms with E-state index in [1.165, 1.54) is 6.07 Å². The van der Waals surface area contributed by atoms with E-state index in [1.54, 1.807) is 44.2 Å². The first kappa shape index (κ1) is 25.5. The van der Waals surface area contributed by atoms with Crippen LogP contribution in [0.4, 0.5) is 0 Å². The number of aromatic nitrogens is 2. The predicted octanol–water partition coefficient (Wildman–Crippen LogP) is 2.59. The van der Waals surface area contributed by atoms with E-state index in [-0.39, 0.29) is 25.3 Å². The molecule has 35 heavy (non-hydrogen) atoms. The number of benzene rings is 2. The number of hydrogen-bond donors (Lipinski definition) is 2. The molecule has 9 heteroatoms. The summed E-state index contributed by atoms with van der Waals surface area (Å²) in [6.07, 6.45) is -1.37. The molecule has 2 unspecified atom stereocenters. The fourth-order valence-electron chi connectivity index (χ4n) is 3.43. The summed E-state index contributed by atoms with van der Waals surface area (Å²) >= 11 is 0. The number of esters is 2. The standard InChI is InChI=1S/C26H27N3O6/c1-3-34-25(32)19-13-9-8-12-18(19)20-14-15-21(29-28-20)24(31)27-22(23(30)26(33)35-4-2)16-17-10-6-5-7-11-17/h5-15,22-23,30H,3-4,16H2,1-2H3,(H,27,31). The molecule has 2 aromatic carbocycles. The molecule has 2 atom stereocenters. The van der Waals surface area contributed by atoms with Gasteiger partial charge in [0.25, 0.3) is 5.91 Å². The Morgan fingerprint density at radius 3 is 2.23 bits per heavy atom. The lowest BCUT2D eigenvalue weighted by Gasteiger charge is -2.23. The summed E-state index contributed by atoms with van der Waals surface area (Å²) in [7, 11) is 0. The van der Waals surface area contributed by atoms with E-state index in [1.807, 2.05) is 30.3 Å². The molecule has 0 bridgehead atoms. The fraction of sp³-hybridized carbons (Fsp3) is 0.269. The van der Waals surface area contributed by atoms with E-state index < -0.39 is 30.0 Å². The second-order valence-corrected chi connectivity index (χ2v) is 7.54. The van der Waals surface area contributed by atoms with Gasteiger partial charge in [-0.25, -0.2) is 9.59 Å². The summed E-state index contributed by atoms with van der Waals surface area (Å²) in [5.74, 6) is -1.93. The third kappa shape index (κ3) is 6.70. The lowest BCUT2D eigenvalue weighted by molar-refractivity contribution is -0.154. The van der Waals surface area contributed by atoms with Crippen LogP contribution in [-0.4, -0.2) is 58.5 Å². The van der Waals surface area contributed by atoms with Crippen LogP contribution in [0.3, 0.4) is 0 Å². The molecule has 0 aliphatic heterocycles. The van der Waals surface area contributed by atoms with Crippen LogP contribution in [0.15, 0.2) is 66.7 Å². The lowest BCUT2D eigenvalue weighted by atomic mass is 10.0. The number of nitrogens with one attached hydrogen (secondary N) is 1. The molecule has 1 aromatic heterocycles. The van der Waals surface area contributed by atoms with Crippen molar-refractivity contribution in [2.24, 2.45) is 0 Å².